The van der Waals surface area contributed by atoms with Gasteiger partial charge in [-0.2, -0.15) is 0 Å². The fourth-order valence-corrected chi connectivity index (χ4v) is 2.90. The van der Waals surface area contributed by atoms with Crippen LogP contribution in [-0.4, -0.2) is 17.9 Å². The van der Waals surface area contributed by atoms with Crippen LogP contribution in [0.5, 0.6) is 0 Å². The molecule has 138 valence electrons. The molecule has 2 aromatic carbocycles. The van der Waals surface area contributed by atoms with Gasteiger partial charge in [0, 0.05) is 16.3 Å². The molecule has 0 saturated carbocycles. The number of aryl methyl sites for hydroxylation is 1. The van der Waals surface area contributed by atoms with E-state index in [9.17, 15) is 9.59 Å². The highest BCUT2D eigenvalue weighted by Gasteiger charge is 2.23. The maximum absolute atomic E-state index is 12.8. The monoisotopic (exact) mass is 372 g/mol. The summed E-state index contributed by atoms with van der Waals surface area (Å²) in [6, 6.07) is 12.1. The van der Waals surface area contributed by atoms with Crippen LogP contribution in [0.1, 0.15) is 41.8 Å². The van der Waals surface area contributed by atoms with Gasteiger partial charge in [0.25, 0.3) is 5.91 Å². The van der Waals surface area contributed by atoms with E-state index in [0.29, 0.717) is 22.7 Å². The van der Waals surface area contributed by atoms with Crippen molar-refractivity contribution in [1.82, 2.24) is 5.32 Å². The van der Waals surface area contributed by atoms with E-state index in [1.54, 1.807) is 24.3 Å². The first-order valence-electron chi connectivity index (χ1n) is 8.72. The molecule has 2 N–H and O–H groups in total. The van der Waals surface area contributed by atoms with Crippen molar-refractivity contribution in [3.8, 4) is 0 Å². The van der Waals surface area contributed by atoms with Crippen molar-refractivity contribution in [2.45, 2.75) is 40.2 Å². The normalized spacial score (nSPS) is 11.9. The molecule has 0 aromatic heterocycles. The quantitative estimate of drug-likeness (QED) is 0.769. The summed E-state index contributed by atoms with van der Waals surface area (Å²) in [5, 5.41) is 6.36. The Labute approximate surface area is 159 Å². The van der Waals surface area contributed by atoms with E-state index >= 15 is 0 Å². The van der Waals surface area contributed by atoms with Crippen LogP contribution in [0.2, 0.25) is 5.02 Å². The fourth-order valence-electron chi connectivity index (χ4n) is 2.73. The van der Waals surface area contributed by atoms with E-state index in [1.165, 1.54) is 0 Å². The molecule has 0 fully saturated rings. The number of hydrogen-bond acceptors (Lipinski definition) is 2. The predicted molar refractivity (Wildman–Crippen MR) is 107 cm³/mol. The molecule has 0 bridgehead atoms. The molecule has 0 spiro atoms. The summed E-state index contributed by atoms with van der Waals surface area (Å²) in [5.74, 6) is -0.235. The summed E-state index contributed by atoms with van der Waals surface area (Å²) in [4.78, 5) is 25.4. The molecule has 2 amide bonds. The van der Waals surface area contributed by atoms with Crippen LogP contribution in [-0.2, 0) is 4.79 Å². The predicted octanol–water partition coefficient (Wildman–Crippen LogP) is 4.74. The van der Waals surface area contributed by atoms with Crippen LogP contribution in [0.15, 0.2) is 42.5 Å². The summed E-state index contributed by atoms with van der Waals surface area (Å²) in [7, 11) is 0. The number of halogens is 1. The fraction of sp³-hybridized carbons (Fsp3) is 0.333. The average molecular weight is 373 g/mol. The van der Waals surface area contributed by atoms with Crippen LogP contribution in [0.3, 0.4) is 0 Å². The Bertz CT molecular complexity index is 802. The maximum atomic E-state index is 12.8. The minimum Gasteiger partial charge on any atom is -0.340 e. The van der Waals surface area contributed by atoms with Crippen molar-refractivity contribution in [3.05, 3.63) is 64.2 Å². The lowest BCUT2D eigenvalue weighted by atomic mass is 10.0. The number of nitrogens with one attached hydrogen (secondary N) is 2. The number of benzene rings is 2. The Morgan fingerprint density at radius 3 is 2.38 bits per heavy atom. The minimum atomic E-state index is -0.625. The second kappa shape index (κ2) is 8.86. The highest BCUT2D eigenvalue weighted by atomic mass is 35.5. The third kappa shape index (κ3) is 5.09. The van der Waals surface area contributed by atoms with E-state index in [-0.39, 0.29) is 17.7 Å². The van der Waals surface area contributed by atoms with Crippen molar-refractivity contribution < 1.29 is 9.59 Å². The standard InChI is InChI=1S/C21H25ClN2O2/c1-13(2)12-19(24-20(25)16-9-6-5-8-14(16)3)21(26)23-18-11-7-10-17(22)15(18)4/h5-11,13,19H,12H2,1-4H3,(H,23,26)(H,24,25). The van der Waals surface area contributed by atoms with Crippen molar-refractivity contribution in [2.24, 2.45) is 5.92 Å². The summed E-state index contributed by atoms with van der Waals surface area (Å²) < 4.78 is 0. The van der Waals surface area contributed by atoms with Crippen LogP contribution >= 0.6 is 11.6 Å². The van der Waals surface area contributed by atoms with E-state index < -0.39 is 6.04 Å². The molecule has 1 atom stereocenters. The van der Waals surface area contributed by atoms with Gasteiger partial charge in [0.05, 0.1) is 0 Å². The topological polar surface area (TPSA) is 58.2 Å². The molecule has 5 heteroatoms. The Hall–Kier alpha value is -2.33. The molecular weight excluding hydrogens is 348 g/mol. The molecular formula is C21H25ClN2O2. The second-order valence-corrected chi connectivity index (χ2v) is 7.28. The molecule has 2 rings (SSSR count). The maximum Gasteiger partial charge on any atom is 0.252 e. The minimum absolute atomic E-state index is 0.244. The third-order valence-corrected chi connectivity index (χ3v) is 4.65. The first-order chi connectivity index (χ1) is 12.3. The number of carbonyl (C=O) groups is 2. The summed E-state index contributed by atoms with van der Waals surface area (Å²) in [6.07, 6.45) is 0.545. The van der Waals surface area contributed by atoms with E-state index in [4.69, 9.17) is 11.6 Å². The van der Waals surface area contributed by atoms with E-state index in [0.717, 1.165) is 11.1 Å². The summed E-state index contributed by atoms with van der Waals surface area (Å²) >= 11 is 6.12. The number of anilines is 1. The van der Waals surface area contributed by atoms with Gasteiger partial charge in [-0.15, -0.1) is 0 Å². The van der Waals surface area contributed by atoms with Crippen LogP contribution in [0.4, 0.5) is 5.69 Å². The zero-order valence-electron chi connectivity index (χ0n) is 15.6. The van der Waals surface area contributed by atoms with Gasteiger partial charge >= 0.3 is 0 Å². The zero-order valence-corrected chi connectivity index (χ0v) is 16.4. The van der Waals surface area contributed by atoms with Crippen molar-refractivity contribution in [2.75, 3.05) is 5.32 Å². The van der Waals surface area contributed by atoms with Crippen LogP contribution < -0.4 is 10.6 Å². The Morgan fingerprint density at radius 1 is 1.04 bits per heavy atom. The Kier molecular flexibility index (Phi) is 6.81. The number of carbonyl (C=O) groups excluding carboxylic acids is 2. The van der Waals surface area contributed by atoms with Gasteiger partial charge in [-0.1, -0.05) is 49.7 Å². The van der Waals surface area contributed by atoms with Crippen LogP contribution in [0.25, 0.3) is 0 Å². The van der Waals surface area contributed by atoms with Gasteiger partial charge in [-0.05, 0) is 55.5 Å². The smallest absolute Gasteiger partial charge is 0.252 e. The van der Waals surface area contributed by atoms with Gasteiger partial charge in [0.15, 0.2) is 0 Å². The van der Waals surface area contributed by atoms with Gasteiger partial charge in [-0.3, -0.25) is 9.59 Å². The summed E-state index contributed by atoms with van der Waals surface area (Å²) in [5.41, 5.74) is 2.91. The summed E-state index contributed by atoms with van der Waals surface area (Å²) in [6.45, 7) is 7.76. The first-order valence-corrected chi connectivity index (χ1v) is 9.10. The zero-order chi connectivity index (χ0) is 19.3. The number of amides is 2. The number of hydrogen-bond donors (Lipinski definition) is 2. The lowest BCUT2D eigenvalue weighted by Crippen LogP contribution is -2.44. The van der Waals surface area contributed by atoms with Crippen molar-refractivity contribution in [3.63, 3.8) is 0 Å². The van der Waals surface area contributed by atoms with Gasteiger partial charge < -0.3 is 10.6 Å². The largest absolute Gasteiger partial charge is 0.340 e. The first kappa shape index (κ1) is 20.0. The molecule has 0 aliphatic rings. The van der Waals surface area contributed by atoms with Gasteiger partial charge in [0.1, 0.15) is 6.04 Å². The van der Waals surface area contributed by atoms with Crippen molar-refractivity contribution >= 4 is 29.1 Å². The molecule has 0 aliphatic carbocycles. The van der Waals surface area contributed by atoms with Crippen molar-refractivity contribution in [1.29, 1.82) is 0 Å². The third-order valence-electron chi connectivity index (χ3n) is 4.24. The molecule has 1 unspecified atom stereocenters. The van der Waals surface area contributed by atoms with Gasteiger partial charge in [-0.25, -0.2) is 0 Å². The Balaban J connectivity index is 2.18. The lowest BCUT2D eigenvalue weighted by Gasteiger charge is -2.21. The molecule has 0 heterocycles. The lowest BCUT2D eigenvalue weighted by molar-refractivity contribution is -0.118. The SMILES string of the molecule is Cc1ccccc1C(=O)NC(CC(C)C)C(=O)Nc1cccc(Cl)c1C. The van der Waals surface area contributed by atoms with E-state index in [2.05, 4.69) is 10.6 Å². The molecule has 0 radical (unpaired) electrons. The molecule has 2 aromatic rings. The molecule has 0 aliphatic heterocycles. The average Bonchev–Trinajstić information content (AvgIpc) is 2.58. The van der Waals surface area contributed by atoms with Gasteiger partial charge in [0.2, 0.25) is 5.91 Å². The Morgan fingerprint density at radius 2 is 1.73 bits per heavy atom. The molecule has 26 heavy (non-hydrogen) atoms. The highest BCUT2D eigenvalue weighted by molar-refractivity contribution is 6.31. The highest BCUT2D eigenvalue weighted by Crippen LogP contribution is 2.23. The number of rotatable bonds is 6. The van der Waals surface area contributed by atoms with E-state index in [1.807, 2.05) is 45.9 Å². The molecule has 4 nitrogen and oxygen atoms in total. The molecule has 0 saturated heterocycles. The van der Waals surface area contributed by atoms with Crippen LogP contribution in [0, 0.1) is 19.8 Å². The second-order valence-electron chi connectivity index (χ2n) is 6.87.